The highest BCUT2D eigenvalue weighted by Gasteiger charge is 2.31. The molecule has 0 bridgehead atoms. The Morgan fingerprint density at radius 1 is 1.14 bits per heavy atom. The topological polar surface area (TPSA) is 71.5 Å². The number of aryl methyl sites for hydroxylation is 1. The zero-order chi connectivity index (χ0) is 19.5. The number of ether oxygens (including phenoxy) is 1. The Labute approximate surface area is 165 Å². The Balaban J connectivity index is 1.57. The van der Waals surface area contributed by atoms with Crippen molar-refractivity contribution in [1.82, 2.24) is 19.9 Å². The van der Waals surface area contributed by atoms with Crippen molar-refractivity contribution in [3.63, 3.8) is 0 Å². The summed E-state index contributed by atoms with van der Waals surface area (Å²) in [6.07, 6.45) is 3.68. The van der Waals surface area contributed by atoms with Crippen LogP contribution in [0, 0.1) is 19.8 Å². The van der Waals surface area contributed by atoms with Crippen molar-refractivity contribution in [3.05, 3.63) is 35.7 Å². The highest BCUT2D eigenvalue weighted by atomic mass is 16.5. The van der Waals surface area contributed by atoms with Crippen LogP contribution in [0.1, 0.15) is 24.1 Å². The predicted molar refractivity (Wildman–Crippen MR) is 107 cm³/mol. The minimum absolute atomic E-state index is 0.0137. The summed E-state index contributed by atoms with van der Waals surface area (Å²) >= 11 is 0. The fraction of sp³-hybridized carbons (Fsp3) is 0.524. The maximum Gasteiger partial charge on any atom is 0.227 e. The standard InChI is InChI=1S/C21H27N5O2/c1-15-16(2)23-19(18-7-3-4-8-22-18)24-20(15)26-9-5-6-17(14-26)21(27)25-10-12-28-13-11-25/h3-4,7-8,17H,5-6,9-14H2,1-2H3. The number of nitrogens with zero attached hydrogens (tertiary/aromatic N) is 5. The van der Waals surface area contributed by atoms with Gasteiger partial charge < -0.3 is 14.5 Å². The molecule has 1 amide bonds. The Morgan fingerprint density at radius 3 is 2.71 bits per heavy atom. The molecule has 0 spiro atoms. The number of carbonyl (C=O) groups excluding carboxylic acids is 1. The lowest BCUT2D eigenvalue weighted by Gasteiger charge is -2.37. The van der Waals surface area contributed by atoms with E-state index in [9.17, 15) is 4.79 Å². The highest BCUT2D eigenvalue weighted by molar-refractivity contribution is 5.80. The molecule has 2 aromatic heterocycles. The first kappa shape index (κ1) is 18.8. The van der Waals surface area contributed by atoms with Crippen molar-refractivity contribution in [1.29, 1.82) is 0 Å². The van der Waals surface area contributed by atoms with Crippen LogP contribution in [0.25, 0.3) is 11.5 Å². The zero-order valence-corrected chi connectivity index (χ0v) is 16.6. The van der Waals surface area contributed by atoms with Crippen molar-refractivity contribution < 1.29 is 9.53 Å². The molecule has 4 rings (SSSR count). The number of rotatable bonds is 3. The van der Waals surface area contributed by atoms with Crippen molar-refractivity contribution in [2.45, 2.75) is 26.7 Å². The number of carbonyl (C=O) groups is 1. The number of aromatic nitrogens is 3. The smallest absolute Gasteiger partial charge is 0.227 e. The molecule has 2 fully saturated rings. The summed E-state index contributed by atoms with van der Waals surface area (Å²) in [6, 6.07) is 5.76. The third kappa shape index (κ3) is 3.85. The molecule has 7 nitrogen and oxygen atoms in total. The van der Waals surface area contributed by atoms with Gasteiger partial charge in [0.25, 0.3) is 0 Å². The molecule has 7 heteroatoms. The largest absolute Gasteiger partial charge is 0.378 e. The van der Waals surface area contributed by atoms with Crippen LogP contribution >= 0.6 is 0 Å². The second-order valence-corrected chi connectivity index (χ2v) is 7.52. The van der Waals surface area contributed by atoms with Crippen LogP contribution < -0.4 is 4.90 Å². The molecule has 1 unspecified atom stereocenters. The van der Waals surface area contributed by atoms with Gasteiger partial charge in [-0.05, 0) is 38.8 Å². The van der Waals surface area contributed by atoms with Crippen LogP contribution in [0.15, 0.2) is 24.4 Å². The van der Waals surface area contributed by atoms with Crippen LogP contribution in [-0.2, 0) is 9.53 Å². The van der Waals surface area contributed by atoms with Gasteiger partial charge in [0.15, 0.2) is 5.82 Å². The number of hydrogen-bond donors (Lipinski definition) is 0. The first-order valence-corrected chi connectivity index (χ1v) is 10.0. The minimum atomic E-state index is 0.0137. The molecule has 148 valence electrons. The van der Waals surface area contributed by atoms with E-state index in [-0.39, 0.29) is 11.8 Å². The van der Waals surface area contributed by atoms with E-state index < -0.39 is 0 Å². The first-order chi connectivity index (χ1) is 13.6. The molecule has 0 aliphatic carbocycles. The quantitative estimate of drug-likeness (QED) is 0.812. The summed E-state index contributed by atoms with van der Waals surface area (Å²) in [4.78, 5) is 31.0. The molecule has 2 aromatic rings. The number of anilines is 1. The summed E-state index contributed by atoms with van der Waals surface area (Å²) in [5.74, 6) is 1.83. The van der Waals surface area contributed by atoms with Gasteiger partial charge in [-0.15, -0.1) is 0 Å². The molecule has 0 aromatic carbocycles. The van der Waals surface area contributed by atoms with E-state index in [2.05, 4.69) is 21.8 Å². The third-order valence-corrected chi connectivity index (χ3v) is 5.65. The van der Waals surface area contributed by atoms with Gasteiger partial charge >= 0.3 is 0 Å². The molecule has 2 saturated heterocycles. The van der Waals surface area contributed by atoms with E-state index in [1.165, 1.54) is 0 Å². The van der Waals surface area contributed by atoms with Gasteiger partial charge in [0.1, 0.15) is 11.5 Å². The Hall–Kier alpha value is -2.54. The molecule has 1 atom stereocenters. The summed E-state index contributed by atoms with van der Waals surface area (Å²) < 4.78 is 5.38. The number of morpholine rings is 1. The van der Waals surface area contributed by atoms with Crippen molar-refractivity contribution in [2.24, 2.45) is 5.92 Å². The molecule has 4 heterocycles. The average molecular weight is 381 g/mol. The lowest BCUT2D eigenvalue weighted by Crippen LogP contribution is -2.48. The number of amides is 1. The number of pyridine rings is 1. The fourth-order valence-corrected chi connectivity index (χ4v) is 3.94. The minimum Gasteiger partial charge on any atom is -0.378 e. The van der Waals surface area contributed by atoms with E-state index in [0.29, 0.717) is 38.7 Å². The van der Waals surface area contributed by atoms with Gasteiger partial charge in [0.05, 0.1) is 19.1 Å². The first-order valence-electron chi connectivity index (χ1n) is 10.0. The summed E-state index contributed by atoms with van der Waals surface area (Å²) in [7, 11) is 0. The zero-order valence-electron chi connectivity index (χ0n) is 16.6. The van der Waals surface area contributed by atoms with Crippen LogP contribution in [0.5, 0.6) is 0 Å². The molecule has 2 aliphatic rings. The van der Waals surface area contributed by atoms with Crippen molar-refractivity contribution in [2.75, 3.05) is 44.3 Å². The van der Waals surface area contributed by atoms with Gasteiger partial charge in [-0.2, -0.15) is 0 Å². The maximum absolute atomic E-state index is 13.0. The highest BCUT2D eigenvalue weighted by Crippen LogP contribution is 2.28. The fourth-order valence-electron chi connectivity index (χ4n) is 3.94. The van der Waals surface area contributed by atoms with Gasteiger partial charge in [0.2, 0.25) is 5.91 Å². The molecular formula is C21H27N5O2. The van der Waals surface area contributed by atoms with E-state index >= 15 is 0 Å². The maximum atomic E-state index is 13.0. The summed E-state index contributed by atoms with van der Waals surface area (Å²) in [5, 5.41) is 0. The number of piperidine rings is 1. The molecule has 0 saturated carbocycles. The summed E-state index contributed by atoms with van der Waals surface area (Å²) in [5.41, 5.74) is 2.79. The second kappa shape index (κ2) is 8.22. The monoisotopic (exact) mass is 381 g/mol. The Bertz CT molecular complexity index is 836. The molecule has 0 N–H and O–H groups in total. The van der Waals surface area contributed by atoms with Gasteiger partial charge in [-0.1, -0.05) is 6.07 Å². The van der Waals surface area contributed by atoms with Gasteiger partial charge in [-0.25, -0.2) is 9.97 Å². The molecule has 2 aliphatic heterocycles. The normalized spacial score (nSPS) is 20.3. The average Bonchev–Trinajstić information content (AvgIpc) is 2.76. The predicted octanol–water partition coefficient (Wildman–Crippen LogP) is 2.23. The summed E-state index contributed by atoms with van der Waals surface area (Å²) in [6.45, 7) is 8.35. The van der Waals surface area contributed by atoms with E-state index in [1.54, 1.807) is 6.20 Å². The lowest BCUT2D eigenvalue weighted by atomic mass is 9.96. The molecular weight excluding hydrogens is 354 g/mol. The second-order valence-electron chi connectivity index (χ2n) is 7.52. The van der Waals surface area contributed by atoms with Crippen LogP contribution in [0.3, 0.4) is 0 Å². The van der Waals surface area contributed by atoms with Crippen LogP contribution in [0.2, 0.25) is 0 Å². The van der Waals surface area contributed by atoms with Crippen LogP contribution in [-0.4, -0.2) is 65.2 Å². The van der Waals surface area contributed by atoms with Crippen LogP contribution in [0.4, 0.5) is 5.82 Å². The molecule has 28 heavy (non-hydrogen) atoms. The van der Waals surface area contributed by atoms with Gasteiger partial charge in [0, 0.05) is 43.6 Å². The van der Waals surface area contributed by atoms with E-state index in [4.69, 9.17) is 9.72 Å². The van der Waals surface area contributed by atoms with Gasteiger partial charge in [-0.3, -0.25) is 9.78 Å². The third-order valence-electron chi connectivity index (χ3n) is 5.65. The Morgan fingerprint density at radius 2 is 1.96 bits per heavy atom. The SMILES string of the molecule is Cc1nc(-c2ccccn2)nc(N2CCCC(C(=O)N3CCOCC3)C2)c1C. The van der Waals surface area contributed by atoms with Crippen molar-refractivity contribution in [3.8, 4) is 11.5 Å². The lowest BCUT2D eigenvalue weighted by molar-refractivity contribution is -0.139. The van der Waals surface area contributed by atoms with E-state index in [1.807, 2.05) is 30.0 Å². The van der Waals surface area contributed by atoms with E-state index in [0.717, 1.165) is 42.2 Å². The number of hydrogen-bond acceptors (Lipinski definition) is 6. The Kier molecular flexibility index (Phi) is 5.52. The molecule has 0 radical (unpaired) electrons. The van der Waals surface area contributed by atoms with Crippen molar-refractivity contribution >= 4 is 11.7 Å².